The van der Waals surface area contributed by atoms with E-state index in [0.29, 0.717) is 32.8 Å². The molecule has 0 aliphatic heterocycles. The molecular weight excluding hydrogens is 488 g/mol. The van der Waals surface area contributed by atoms with Crippen LogP contribution in [0.2, 0.25) is 5.02 Å². The first-order valence-electron chi connectivity index (χ1n) is 10.1. The minimum atomic E-state index is -4.57. The first-order chi connectivity index (χ1) is 16.7. The van der Waals surface area contributed by atoms with Gasteiger partial charge in [-0.05, 0) is 41.0 Å². The zero-order chi connectivity index (χ0) is 24.7. The normalized spacial score (nSPS) is 11.8. The van der Waals surface area contributed by atoms with Crippen LogP contribution in [0.15, 0.2) is 71.9 Å². The van der Waals surface area contributed by atoms with Crippen LogP contribution in [0.4, 0.5) is 17.6 Å². The molecule has 0 atom stereocenters. The third-order valence-electron chi connectivity index (χ3n) is 5.23. The Hall–Kier alpha value is -4.12. The SMILES string of the molecule is O=c1n(Cc2ccc(C(F)(F)F)nc2)nc2c(-c3ccnc(F)c3)c(-c3ccc(Cl)cc3)cnn12. The maximum Gasteiger partial charge on any atom is 0.433 e. The molecule has 4 heterocycles. The third kappa shape index (κ3) is 4.37. The molecule has 176 valence electrons. The lowest BCUT2D eigenvalue weighted by atomic mass is 9.98. The maximum atomic E-state index is 14.0. The highest BCUT2D eigenvalue weighted by Gasteiger charge is 2.32. The van der Waals surface area contributed by atoms with E-state index in [4.69, 9.17) is 11.6 Å². The van der Waals surface area contributed by atoms with Gasteiger partial charge in [0.1, 0.15) is 5.69 Å². The molecule has 35 heavy (non-hydrogen) atoms. The van der Waals surface area contributed by atoms with Gasteiger partial charge in [-0.15, -0.1) is 5.10 Å². The molecule has 7 nitrogen and oxygen atoms in total. The molecule has 0 saturated carbocycles. The summed E-state index contributed by atoms with van der Waals surface area (Å²) < 4.78 is 54.5. The number of rotatable bonds is 4. The molecule has 0 saturated heterocycles. The molecule has 0 radical (unpaired) electrons. The van der Waals surface area contributed by atoms with Crippen molar-refractivity contribution in [2.24, 2.45) is 0 Å². The van der Waals surface area contributed by atoms with E-state index in [1.807, 2.05) is 0 Å². The lowest BCUT2D eigenvalue weighted by Crippen LogP contribution is -2.23. The summed E-state index contributed by atoms with van der Waals surface area (Å²) in [6.45, 7) is -0.145. The first kappa shape index (κ1) is 22.7. The van der Waals surface area contributed by atoms with Gasteiger partial charge in [-0.25, -0.2) is 14.5 Å². The van der Waals surface area contributed by atoms with Crippen LogP contribution in [0.25, 0.3) is 27.9 Å². The molecule has 4 aromatic heterocycles. The van der Waals surface area contributed by atoms with Crippen LogP contribution in [-0.4, -0.2) is 29.4 Å². The number of alkyl halides is 3. The van der Waals surface area contributed by atoms with Crippen LogP contribution >= 0.6 is 11.6 Å². The van der Waals surface area contributed by atoms with Gasteiger partial charge in [0.25, 0.3) is 0 Å². The fourth-order valence-corrected chi connectivity index (χ4v) is 3.74. The lowest BCUT2D eigenvalue weighted by Gasteiger charge is -2.10. The van der Waals surface area contributed by atoms with E-state index < -0.39 is 23.5 Å². The van der Waals surface area contributed by atoms with Gasteiger partial charge in [0.2, 0.25) is 5.95 Å². The topological polar surface area (TPSA) is 78.0 Å². The lowest BCUT2D eigenvalue weighted by molar-refractivity contribution is -0.141. The summed E-state index contributed by atoms with van der Waals surface area (Å²) in [5, 5.41) is 9.10. The molecule has 0 bridgehead atoms. The Morgan fingerprint density at radius 2 is 1.71 bits per heavy atom. The highest BCUT2D eigenvalue weighted by molar-refractivity contribution is 6.30. The molecule has 0 amide bonds. The summed E-state index contributed by atoms with van der Waals surface area (Å²) in [6, 6.07) is 11.7. The van der Waals surface area contributed by atoms with Gasteiger partial charge in [-0.1, -0.05) is 29.8 Å². The fraction of sp³-hybridized carbons (Fsp3) is 0.0870. The van der Waals surface area contributed by atoms with E-state index >= 15 is 0 Å². The molecule has 0 spiro atoms. The molecule has 0 aliphatic rings. The van der Waals surface area contributed by atoms with Crippen LogP contribution in [0.1, 0.15) is 11.3 Å². The van der Waals surface area contributed by atoms with Gasteiger partial charge in [0.05, 0.1) is 12.7 Å². The van der Waals surface area contributed by atoms with Crippen molar-refractivity contribution in [3.05, 3.63) is 99.8 Å². The summed E-state index contributed by atoms with van der Waals surface area (Å²) >= 11 is 6.01. The van der Waals surface area contributed by atoms with E-state index in [9.17, 15) is 22.4 Å². The molecule has 5 aromatic rings. The molecule has 12 heteroatoms. The summed E-state index contributed by atoms with van der Waals surface area (Å²) in [7, 11) is 0. The number of halogens is 5. The molecule has 5 rings (SSSR count). The van der Waals surface area contributed by atoms with Crippen molar-refractivity contribution >= 4 is 17.2 Å². The predicted molar refractivity (Wildman–Crippen MR) is 119 cm³/mol. The summed E-state index contributed by atoms with van der Waals surface area (Å²) in [5.74, 6) is -0.725. The van der Waals surface area contributed by atoms with Gasteiger partial charge in [-0.2, -0.15) is 27.2 Å². The average Bonchev–Trinajstić information content (AvgIpc) is 3.14. The third-order valence-corrected chi connectivity index (χ3v) is 5.48. The number of benzene rings is 1. The van der Waals surface area contributed by atoms with Crippen LogP contribution in [-0.2, 0) is 12.7 Å². The largest absolute Gasteiger partial charge is 0.433 e. The number of hydrogen-bond donors (Lipinski definition) is 0. The van der Waals surface area contributed by atoms with Gasteiger partial charge in [-0.3, -0.25) is 4.98 Å². The second-order valence-corrected chi connectivity index (χ2v) is 7.97. The molecule has 0 N–H and O–H groups in total. The minimum Gasteiger partial charge on any atom is -0.251 e. The Bertz CT molecular complexity index is 1590. The van der Waals surface area contributed by atoms with Gasteiger partial charge >= 0.3 is 11.9 Å². The van der Waals surface area contributed by atoms with Crippen LogP contribution in [0.3, 0.4) is 0 Å². The minimum absolute atomic E-state index is 0.132. The van der Waals surface area contributed by atoms with Crippen molar-refractivity contribution in [3.8, 4) is 22.3 Å². The first-order valence-corrected chi connectivity index (χ1v) is 10.5. The predicted octanol–water partition coefficient (Wildman–Crippen LogP) is 4.87. The van der Waals surface area contributed by atoms with Gasteiger partial charge in [0, 0.05) is 34.6 Å². The maximum absolute atomic E-state index is 14.0. The number of hydrogen-bond acceptors (Lipinski definition) is 5. The van der Waals surface area contributed by atoms with E-state index in [0.717, 1.165) is 21.5 Å². The van der Waals surface area contributed by atoms with Crippen molar-refractivity contribution in [2.75, 3.05) is 0 Å². The highest BCUT2D eigenvalue weighted by atomic mass is 35.5. The Balaban J connectivity index is 1.67. The average molecular weight is 501 g/mol. The second-order valence-electron chi connectivity index (χ2n) is 7.53. The zero-order valence-electron chi connectivity index (χ0n) is 17.5. The van der Waals surface area contributed by atoms with E-state index in [2.05, 4.69) is 20.2 Å². The van der Waals surface area contributed by atoms with Crippen molar-refractivity contribution in [3.63, 3.8) is 0 Å². The Morgan fingerprint density at radius 1 is 0.943 bits per heavy atom. The summed E-state index contributed by atoms with van der Waals surface area (Å²) in [6.07, 6.45) is -0.798. The number of aromatic nitrogens is 6. The fourth-order valence-electron chi connectivity index (χ4n) is 3.61. The molecule has 0 fully saturated rings. The Kier molecular flexibility index (Phi) is 5.56. The number of fused-ring (bicyclic) bond motifs is 1. The molecule has 1 aromatic carbocycles. The molecule has 0 aliphatic carbocycles. The van der Waals surface area contributed by atoms with E-state index in [1.54, 1.807) is 30.3 Å². The number of pyridine rings is 2. The summed E-state index contributed by atoms with van der Waals surface area (Å²) in [5.41, 5.74) is 0.885. The van der Waals surface area contributed by atoms with E-state index in [-0.39, 0.29) is 12.2 Å². The second kappa shape index (κ2) is 8.58. The van der Waals surface area contributed by atoms with Gasteiger partial charge < -0.3 is 0 Å². The quantitative estimate of drug-likeness (QED) is 0.260. The van der Waals surface area contributed by atoms with Crippen molar-refractivity contribution in [2.45, 2.75) is 12.7 Å². The number of nitrogens with zero attached hydrogens (tertiary/aromatic N) is 6. The van der Waals surface area contributed by atoms with Crippen molar-refractivity contribution < 1.29 is 17.6 Å². The van der Waals surface area contributed by atoms with Crippen molar-refractivity contribution in [1.82, 2.24) is 29.4 Å². The zero-order valence-corrected chi connectivity index (χ0v) is 18.3. The Morgan fingerprint density at radius 3 is 2.37 bits per heavy atom. The molecular formula is C23H13ClF4N6O. The smallest absolute Gasteiger partial charge is 0.251 e. The highest BCUT2D eigenvalue weighted by Crippen LogP contribution is 2.34. The van der Waals surface area contributed by atoms with Crippen LogP contribution in [0.5, 0.6) is 0 Å². The molecule has 0 unspecified atom stereocenters. The van der Waals surface area contributed by atoms with Gasteiger partial charge in [0.15, 0.2) is 5.65 Å². The van der Waals surface area contributed by atoms with Crippen LogP contribution < -0.4 is 5.69 Å². The summed E-state index contributed by atoms with van der Waals surface area (Å²) in [4.78, 5) is 20.0. The van der Waals surface area contributed by atoms with E-state index in [1.165, 1.54) is 24.5 Å². The van der Waals surface area contributed by atoms with Crippen LogP contribution in [0, 0.1) is 5.95 Å². The standard InChI is InChI=1S/C23H13ClF4N6O/c24-16-4-2-14(3-5-16)17-11-31-34-21(20(17)15-7-8-29-19(25)9-15)32-33(22(34)35)12-13-1-6-18(30-10-13)23(26,27)28/h1-11H,12H2. The monoisotopic (exact) mass is 500 g/mol. The Labute approximate surface area is 199 Å². The van der Waals surface area contributed by atoms with Crippen molar-refractivity contribution in [1.29, 1.82) is 0 Å².